The molecule has 1 amide bonds. The topological polar surface area (TPSA) is 42.8 Å². The van der Waals surface area contributed by atoms with Crippen LogP contribution in [0.5, 0.6) is 0 Å². The molecule has 1 heterocycles. The number of morpholine rings is 1. The highest BCUT2D eigenvalue weighted by molar-refractivity contribution is 5.76. The molecule has 0 saturated carbocycles. The molecule has 4 nitrogen and oxygen atoms in total. The smallest absolute Gasteiger partial charge is 0.275 e. The molecule has 5 heteroatoms. The van der Waals surface area contributed by atoms with E-state index in [1.54, 1.807) is 18.2 Å². The monoisotopic (exact) mass is 253 g/mol. The second kappa shape index (κ2) is 6.47. The van der Waals surface area contributed by atoms with Crippen LogP contribution in [0.25, 0.3) is 0 Å². The van der Waals surface area contributed by atoms with Crippen molar-refractivity contribution in [3.63, 3.8) is 0 Å². The van der Waals surface area contributed by atoms with Crippen LogP contribution in [-0.2, 0) is 16.1 Å². The van der Waals surface area contributed by atoms with E-state index < -0.39 is 0 Å². The fourth-order valence-electron chi connectivity index (χ4n) is 1.96. The van der Waals surface area contributed by atoms with Crippen molar-refractivity contribution >= 4 is 5.91 Å². The van der Waals surface area contributed by atoms with Crippen molar-refractivity contribution in [3.8, 4) is 0 Å². The summed E-state index contributed by atoms with van der Waals surface area (Å²) in [6, 6.07) is 6.47. The van der Waals surface area contributed by atoms with Crippen LogP contribution < -0.4 is 10.2 Å². The Hall–Kier alpha value is -1.46. The van der Waals surface area contributed by atoms with Crippen molar-refractivity contribution in [3.05, 3.63) is 35.6 Å². The maximum Gasteiger partial charge on any atom is 0.275 e. The number of carbonyl (C=O) groups is 1. The quantitative estimate of drug-likeness (QED) is 0.749. The van der Waals surface area contributed by atoms with E-state index in [9.17, 15) is 9.18 Å². The Morgan fingerprint density at radius 3 is 2.78 bits per heavy atom. The van der Waals surface area contributed by atoms with Gasteiger partial charge in [0.25, 0.3) is 5.91 Å². The van der Waals surface area contributed by atoms with Gasteiger partial charge in [-0.2, -0.15) is 0 Å². The van der Waals surface area contributed by atoms with E-state index in [0.717, 1.165) is 13.1 Å². The van der Waals surface area contributed by atoms with Crippen LogP contribution >= 0.6 is 0 Å². The molecule has 98 valence electrons. The normalized spacial score (nSPS) is 16.5. The first kappa shape index (κ1) is 13.0. The molecule has 1 aromatic rings. The lowest BCUT2D eigenvalue weighted by Gasteiger charge is -2.23. The molecule has 1 aliphatic rings. The standard InChI is InChI=1S/C13H17FN2O2/c14-12-4-2-1-3-11(12)9-15-13(17)10-16-5-7-18-8-6-16/h1-4H,5-10H2,(H,15,17)/p+1. The number of ether oxygens (including phenoxy) is 1. The van der Waals surface area contributed by atoms with Crippen molar-refractivity contribution in [1.29, 1.82) is 0 Å². The zero-order valence-electron chi connectivity index (χ0n) is 10.2. The molecule has 1 aromatic carbocycles. The first-order chi connectivity index (χ1) is 8.75. The van der Waals surface area contributed by atoms with Gasteiger partial charge in [0.1, 0.15) is 18.9 Å². The van der Waals surface area contributed by atoms with Gasteiger partial charge in [0.05, 0.1) is 13.2 Å². The molecule has 1 aliphatic heterocycles. The predicted octanol–water partition coefficient (Wildman–Crippen LogP) is -0.643. The lowest BCUT2D eigenvalue weighted by molar-refractivity contribution is -0.900. The van der Waals surface area contributed by atoms with Crippen LogP contribution in [0.1, 0.15) is 5.56 Å². The second-order valence-corrected chi connectivity index (χ2v) is 4.41. The third kappa shape index (κ3) is 3.78. The van der Waals surface area contributed by atoms with Crippen molar-refractivity contribution in [2.24, 2.45) is 0 Å². The summed E-state index contributed by atoms with van der Waals surface area (Å²) in [6.07, 6.45) is 0. The Balaban J connectivity index is 1.76. The summed E-state index contributed by atoms with van der Waals surface area (Å²) in [6.45, 7) is 3.79. The molecule has 2 rings (SSSR count). The number of carbonyl (C=O) groups excluding carboxylic acids is 1. The third-order valence-corrected chi connectivity index (χ3v) is 3.04. The van der Waals surface area contributed by atoms with E-state index in [0.29, 0.717) is 25.3 Å². The summed E-state index contributed by atoms with van der Waals surface area (Å²) in [5.74, 6) is -0.327. The highest BCUT2D eigenvalue weighted by atomic mass is 19.1. The molecule has 18 heavy (non-hydrogen) atoms. The van der Waals surface area contributed by atoms with Crippen LogP contribution in [0, 0.1) is 5.82 Å². The van der Waals surface area contributed by atoms with Crippen LogP contribution in [-0.4, -0.2) is 38.8 Å². The third-order valence-electron chi connectivity index (χ3n) is 3.04. The molecule has 0 spiro atoms. The molecule has 2 N–H and O–H groups in total. The molecule has 1 saturated heterocycles. The lowest BCUT2D eigenvalue weighted by atomic mass is 10.2. The number of hydrogen-bond donors (Lipinski definition) is 2. The van der Waals surface area contributed by atoms with Crippen molar-refractivity contribution in [2.45, 2.75) is 6.54 Å². The predicted molar refractivity (Wildman–Crippen MR) is 64.6 cm³/mol. The summed E-state index contributed by atoms with van der Waals surface area (Å²) in [7, 11) is 0. The molecular formula is C13H18FN2O2+. The van der Waals surface area contributed by atoms with Gasteiger partial charge >= 0.3 is 0 Å². The Kier molecular flexibility index (Phi) is 4.66. The number of nitrogens with one attached hydrogen (secondary N) is 2. The summed E-state index contributed by atoms with van der Waals surface area (Å²) in [5, 5.41) is 2.75. The molecule has 0 aromatic heterocycles. The average Bonchev–Trinajstić information content (AvgIpc) is 2.39. The first-order valence-corrected chi connectivity index (χ1v) is 6.17. The summed E-state index contributed by atoms with van der Waals surface area (Å²) < 4.78 is 18.5. The number of halogens is 1. The molecule has 0 radical (unpaired) electrons. The van der Waals surface area contributed by atoms with Gasteiger partial charge in [-0.25, -0.2) is 4.39 Å². The largest absolute Gasteiger partial charge is 0.370 e. The van der Waals surface area contributed by atoms with E-state index in [4.69, 9.17) is 4.74 Å². The molecule has 0 unspecified atom stereocenters. The summed E-state index contributed by atoms with van der Waals surface area (Å²) in [5.41, 5.74) is 0.517. The fourth-order valence-corrected chi connectivity index (χ4v) is 1.96. The van der Waals surface area contributed by atoms with Gasteiger partial charge in [0.2, 0.25) is 0 Å². The first-order valence-electron chi connectivity index (χ1n) is 6.17. The molecule has 0 aliphatic carbocycles. The summed E-state index contributed by atoms with van der Waals surface area (Å²) >= 11 is 0. The molecular weight excluding hydrogens is 235 g/mol. The molecule has 0 bridgehead atoms. The Labute approximate surface area is 106 Å². The Morgan fingerprint density at radius 2 is 2.06 bits per heavy atom. The van der Waals surface area contributed by atoms with Crippen molar-refractivity contribution < 1.29 is 18.8 Å². The average molecular weight is 253 g/mol. The minimum absolute atomic E-state index is 0.0462. The van der Waals surface area contributed by atoms with Crippen LogP contribution in [0.15, 0.2) is 24.3 Å². The van der Waals surface area contributed by atoms with Gasteiger partial charge in [-0.15, -0.1) is 0 Å². The zero-order valence-corrected chi connectivity index (χ0v) is 10.2. The zero-order chi connectivity index (χ0) is 12.8. The van der Waals surface area contributed by atoms with Gasteiger partial charge in [-0.3, -0.25) is 4.79 Å². The van der Waals surface area contributed by atoms with Crippen LogP contribution in [0.4, 0.5) is 4.39 Å². The second-order valence-electron chi connectivity index (χ2n) is 4.41. The van der Waals surface area contributed by atoms with E-state index in [1.165, 1.54) is 11.0 Å². The van der Waals surface area contributed by atoms with Crippen LogP contribution in [0.3, 0.4) is 0 Å². The summed E-state index contributed by atoms with van der Waals surface area (Å²) in [4.78, 5) is 12.9. The fraction of sp³-hybridized carbons (Fsp3) is 0.462. The van der Waals surface area contributed by atoms with Gasteiger partial charge in [0, 0.05) is 12.1 Å². The molecule has 1 fully saturated rings. The lowest BCUT2D eigenvalue weighted by Crippen LogP contribution is -3.15. The van der Waals surface area contributed by atoms with Crippen LogP contribution in [0.2, 0.25) is 0 Å². The number of rotatable bonds is 4. The van der Waals surface area contributed by atoms with E-state index >= 15 is 0 Å². The van der Waals surface area contributed by atoms with E-state index in [2.05, 4.69) is 5.32 Å². The maximum atomic E-state index is 13.3. The SMILES string of the molecule is O=C(C[NH+]1CCOCC1)NCc1ccccc1F. The van der Waals surface area contributed by atoms with Crippen molar-refractivity contribution in [2.75, 3.05) is 32.8 Å². The van der Waals surface area contributed by atoms with Gasteiger partial charge in [-0.05, 0) is 6.07 Å². The number of amides is 1. The molecule has 0 atom stereocenters. The minimum atomic E-state index is -0.281. The highest BCUT2D eigenvalue weighted by Crippen LogP contribution is 2.04. The number of hydrogen-bond acceptors (Lipinski definition) is 2. The number of benzene rings is 1. The van der Waals surface area contributed by atoms with Gasteiger partial charge in [-0.1, -0.05) is 18.2 Å². The van der Waals surface area contributed by atoms with E-state index in [1.807, 2.05) is 0 Å². The number of quaternary nitrogens is 1. The van der Waals surface area contributed by atoms with Gasteiger partial charge < -0.3 is 15.0 Å². The Bertz CT molecular complexity index is 406. The highest BCUT2D eigenvalue weighted by Gasteiger charge is 2.17. The maximum absolute atomic E-state index is 13.3. The minimum Gasteiger partial charge on any atom is -0.370 e. The van der Waals surface area contributed by atoms with Crippen molar-refractivity contribution in [1.82, 2.24) is 5.32 Å². The van der Waals surface area contributed by atoms with E-state index in [-0.39, 0.29) is 18.3 Å². The van der Waals surface area contributed by atoms with Gasteiger partial charge in [0.15, 0.2) is 6.54 Å². The Morgan fingerprint density at radius 1 is 1.33 bits per heavy atom.